The minimum atomic E-state index is -0.791. The first kappa shape index (κ1) is 22.0. The van der Waals surface area contributed by atoms with E-state index in [1.165, 1.54) is 12.3 Å². The number of pyridine rings is 1. The highest BCUT2D eigenvalue weighted by molar-refractivity contribution is 5.99. The van der Waals surface area contributed by atoms with Gasteiger partial charge in [0.05, 0.1) is 12.1 Å². The Kier molecular flexibility index (Phi) is 5.75. The molecule has 2 heterocycles. The van der Waals surface area contributed by atoms with Crippen LogP contribution in [0, 0.1) is 11.6 Å². The van der Waals surface area contributed by atoms with Crippen molar-refractivity contribution >= 4 is 11.8 Å². The minimum absolute atomic E-state index is 0.0889. The summed E-state index contributed by atoms with van der Waals surface area (Å²) in [4.78, 5) is 40.7. The van der Waals surface area contributed by atoms with Gasteiger partial charge in [0.25, 0.3) is 11.8 Å². The third-order valence-corrected chi connectivity index (χ3v) is 6.19. The monoisotopic (exact) mass is 445 g/mol. The van der Waals surface area contributed by atoms with Crippen LogP contribution < -0.4 is 15.5 Å². The molecule has 170 valence electrons. The molecule has 1 spiro atoms. The van der Waals surface area contributed by atoms with Gasteiger partial charge in [0.15, 0.2) is 11.4 Å². The number of nitrogens with one attached hydrogen (secondary N) is 1. The molecule has 4 rings (SSSR count). The molecule has 1 N–H and O–H groups in total. The van der Waals surface area contributed by atoms with Gasteiger partial charge in [-0.3, -0.25) is 14.4 Å². The number of ether oxygens (including phenoxy) is 1. The molecule has 0 atom stereocenters. The highest BCUT2D eigenvalue weighted by Crippen LogP contribution is 2.46. The van der Waals surface area contributed by atoms with Crippen LogP contribution in [0.25, 0.3) is 0 Å². The standard InChI is InChI=1S/C23H25F2N3O4/c1-3-4-9-32-20-18-22(31)27(2)23(7-8-23)13-28(18)12-16(19(20)29)21(30)26-11-14-5-6-15(24)10-17(14)25/h5-6,10,12H,3-4,7-9,11,13H2,1-2H3,(H,26,30). The van der Waals surface area contributed by atoms with Crippen LogP contribution in [0.15, 0.2) is 29.2 Å². The van der Waals surface area contributed by atoms with Crippen LogP contribution in [0.2, 0.25) is 0 Å². The highest BCUT2D eigenvalue weighted by atomic mass is 19.1. The molecule has 2 aliphatic rings. The van der Waals surface area contributed by atoms with Crippen LogP contribution in [-0.2, 0) is 13.1 Å². The number of benzene rings is 1. The van der Waals surface area contributed by atoms with E-state index in [9.17, 15) is 23.2 Å². The number of nitrogens with zero attached hydrogens (tertiary/aromatic N) is 2. The fourth-order valence-electron chi connectivity index (χ4n) is 3.97. The maximum Gasteiger partial charge on any atom is 0.274 e. The van der Waals surface area contributed by atoms with Gasteiger partial charge in [0.1, 0.15) is 17.2 Å². The lowest BCUT2D eigenvalue weighted by Crippen LogP contribution is -2.49. The summed E-state index contributed by atoms with van der Waals surface area (Å²) in [6, 6.07) is 3.05. The number of hydrogen-bond donors (Lipinski definition) is 1. The summed E-state index contributed by atoms with van der Waals surface area (Å²) in [6.45, 7) is 2.46. The number of fused-ring (bicyclic) bond motifs is 1. The maximum atomic E-state index is 13.9. The molecule has 7 nitrogen and oxygen atoms in total. The molecule has 2 amide bonds. The Labute approximate surface area is 184 Å². The molecule has 1 aromatic heterocycles. The SMILES string of the molecule is CCCCOc1c2n(cc(C(=O)NCc3ccc(F)cc3F)c1=O)CC1(CC1)N(C)C2=O. The number of rotatable bonds is 7. The first-order valence-electron chi connectivity index (χ1n) is 10.7. The fraction of sp³-hybridized carbons (Fsp3) is 0.435. The maximum absolute atomic E-state index is 13.9. The molecule has 1 aliphatic carbocycles. The van der Waals surface area contributed by atoms with Crippen molar-refractivity contribution < 1.29 is 23.1 Å². The predicted molar refractivity (Wildman–Crippen MR) is 113 cm³/mol. The molecular formula is C23H25F2N3O4. The van der Waals surface area contributed by atoms with E-state index in [0.717, 1.165) is 31.4 Å². The molecule has 0 saturated heterocycles. The Morgan fingerprint density at radius 2 is 2.00 bits per heavy atom. The average molecular weight is 445 g/mol. The average Bonchev–Trinajstić information content (AvgIpc) is 3.53. The van der Waals surface area contributed by atoms with Crippen molar-refractivity contribution in [2.75, 3.05) is 13.7 Å². The topological polar surface area (TPSA) is 80.6 Å². The molecule has 32 heavy (non-hydrogen) atoms. The molecule has 0 bridgehead atoms. The number of carbonyl (C=O) groups excluding carboxylic acids is 2. The number of aromatic nitrogens is 1. The van der Waals surface area contributed by atoms with Crippen molar-refractivity contribution in [1.82, 2.24) is 14.8 Å². The largest absolute Gasteiger partial charge is 0.487 e. The zero-order valence-corrected chi connectivity index (χ0v) is 18.0. The first-order chi connectivity index (χ1) is 15.3. The minimum Gasteiger partial charge on any atom is -0.487 e. The summed E-state index contributed by atoms with van der Waals surface area (Å²) in [5.41, 5.74) is -0.933. The van der Waals surface area contributed by atoms with Crippen LogP contribution in [0.3, 0.4) is 0 Å². The first-order valence-corrected chi connectivity index (χ1v) is 10.7. The fourth-order valence-corrected chi connectivity index (χ4v) is 3.97. The summed E-state index contributed by atoms with van der Waals surface area (Å²) in [6.07, 6.45) is 4.60. The smallest absolute Gasteiger partial charge is 0.274 e. The van der Waals surface area contributed by atoms with E-state index in [1.807, 2.05) is 6.92 Å². The van der Waals surface area contributed by atoms with Crippen molar-refractivity contribution in [2.45, 2.75) is 51.2 Å². The second kappa shape index (κ2) is 8.37. The van der Waals surface area contributed by atoms with Gasteiger partial charge < -0.3 is 19.5 Å². The van der Waals surface area contributed by atoms with Crippen molar-refractivity contribution in [1.29, 1.82) is 0 Å². The van der Waals surface area contributed by atoms with Crippen molar-refractivity contribution in [3.05, 3.63) is 63.1 Å². The number of likely N-dealkylation sites (N-methyl/N-ethyl adjacent to an activating group) is 1. The van der Waals surface area contributed by atoms with E-state index in [1.54, 1.807) is 16.5 Å². The molecule has 1 saturated carbocycles. The highest BCUT2D eigenvalue weighted by Gasteiger charge is 2.53. The Balaban J connectivity index is 1.67. The lowest BCUT2D eigenvalue weighted by atomic mass is 10.1. The summed E-state index contributed by atoms with van der Waals surface area (Å²) >= 11 is 0. The Hall–Kier alpha value is -3.23. The third kappa shape index (κ3) is 3.87. The zero-order chi connectivity index (χ0) is 23.0. The Bertz CT molecular complexity index is 1140. The van der Waals surface area contributed by atoms with Gasteiger partial charge >= 0.3 is 0 Å². The van der Waals surface area contributed by atoms with E-state index >= 15 is 0 Å². The Morgan fingerprint density at radius 1 is 1.25 bits per heavy atom. The molecule has 0 radical (unpaired) electrons. The lowest BCUT2D eigenvalue weighted by Gasteiger charge is -2.36. The van der Waals surface area contributed by atoms with Crippen molar-refractivity contribution in [3.63, 3.8) is 0 Å². The lowest BCUT2D eigenvalue weighted by molar-refractivity contribution is 0.0610. The van der Waals surface area contributed by atoms with Gasteiger partial charge in [0, 0.05) is 38.0 Å². The van der Waals surface area contributed by atoms with Crippen molar-refractivity contribution in [3.8, 4) is 5.75 Å². The van der Waals surface area contributed by atoms with Gasteiger partial charge in [-0.05, 0) is 25.3 Å². The second-order valence-electron chi connectivity index (χ2n) is 8.39. The number of unbranched alkanes of at least 4 members (excludes halogenated alkanes) is 1. The molecule has 9 heteroatoms. The van der Waals surface area contributed by atoms with E-state index in [-0.39, 0.29) is 47.2 Å². The summed E-state index contributed by atoms with van der Waals surface area (Å²) in [5.74, 6) is -2.67. The third-order valence-electron chi connectivity index (χ3n) is 6.19. The summed E-state index contributed by atoms with van der Waals surface area (Å²) in [5, 5.41) is 2.51. The molecule has 2 aromatic rings. The van der Waals surface area contributed by atoms with Gasteiger partial charge in [-0.25, -0.2) is 8.78 Å². The molecule has 1 aromatic carbocycles. The van der Waals surface area contributed by atoms with Gasteiger partial charge in [-0.15, -0.1) is 0 Å². The van der Waals surface area contributed by atoms with Crippen LogP contribution >= 0.6 is 0 Å². The van der Waals surface area contributed by atoms with E-state index < -0.39 is 23.0 Å². The molecular weight excluding hydrogens is 420 g/mol. The summed E-state index contributed by atoms with van der Waals surface area (Å²) in [7, 11) is 1.72. The quantitative estimate of drug-likeness (QED) is 0.665. The van der Waals surface area contributed by atoms with Gasteiger partial charge in [-0.2, -0.15) is 0 Å². The van der Waals surface area contributed by atoms with Crippen LogP contribution in [-0.4, -0.2) is 40.5 Å². The van der Waals surface area contributed by atoms with Gasteiger partial charge in [-0.1, -0.05) is 19.4 Å². The van der Waals surface area contributed by atoms with E-state index in [2.05, 4.69) is 5.32 Å². The number of carbonyl (C=O) groups is 2. The van der Waals surface area contributed by atoms with E-state index in [4.69, 9.17) is 4.74 Å². The zero-order valence-electron chi connectivity index (χ0n) is 18.0. The predicted octanol–water partition coefficient (Wildman–Crippen LogP) is 2.85. The Morgan fingerprint density at radius 3 is 2.66 bits per heavy atom. The number of halogens is 2. The number of amides is 2. The molecule has 1 aliphatic heterocycles. The second-order valence-corrected chi connectivity index (χ2v) is 8.39. The van der Waals surface area contributed by atoms with Gasteiger partial charge in [0.2, 0.25) is 5.43 Å². The van der Waals surface area contributed by atoms with Crippen LogP contribution in [0.5, 0.6) is 5.75 Å². The van der Waals surface area contributed by atoms with Crippen LogP contribution in [0.4, 0.5) is 8.78 Å². The number of hydrogen-bond acceptors (Lipinski definition) is 4. The normalized spacial score (nSPS) is 16.1. The molecule has 0 unspecified atom stereocenters. The van der Waals surface area contributed by atoms with E-state index in [0.29, 0.717) is 13.0 Å². The van der Waals surface area contributed by atoms with Crippen molar-refractivity contribution in [2.24, 2.45) is 0 Å². The molecule has 1 fully saturated rings. The summed E-state index contributed by atoms with van der Waals surface area (Å²) < 4.78 is 34.3. The van der Waals surface area contributed by atoms with Crippen LogP contribution in [0.1, 0.15) is 59.0 Å².